The number of alkyl carbamates (subject to hydrolysis) is 1. The van der Waals surface area contributed by atoms with Gasteiger partial charge in [0.05, 0.1) is 23.6 Å². The number of fused-ring (bicyclic) bond motifs is 1. The molecule has 0 spiro atoms. The number of carbonyl (C=O) groups is 2. The van der Waals surface area contributed by atoms with Gasteiger partial charge in [-0.05, 0) is 62.9 Å². The minimum absolute atomic E-state index is 0.00575. The van der Waals surface area contributed by atoms with Crippen molar-refractivity contribution in [3.63, 3.8) is 0 Å². The summed E-state index contributed by atoms with van der Waals surface area (Å²) in [6.07, 6.45) is -3.17. The van der Waals surface area contributed by atoms with Crippen molar-refractivity contribution in [2.45, 2.75) is 63.7 Å². The number of aliphatic hydroxyl groups is 1. The molecule has 0 saturated carbocycles. The van der Waals surface area contributed by atoms with E-state index in [2.05, 4.69) is 10.6 Å². The first-order valence-electron chi connectivity index (χ1n) is 13.9. The molecule has 2 aromatic carbocycles. The van der Waals surface area contributed by atoms with Crippen molar-refractivity contribution in [1.82, 2.24) is 14.9 Å². The second-order valence-corrected chi connectivity index (χ2v) is 13.4. The number of sulfonamides is 1. The molecule has 1 heterocycles. The van der Waals surface area contributed by atoms with Crippen molar-refractivity contribution >= 4 is 22.2 Å². The first-order chi connectivity index (χ1) is 20.1. The summed E-state index contributed by atoms with van der Waals surface area (Å²) in [6.45, 7) is 9.18. The second-order valence-electron chi connectivity index (χ2n) is 11.5. The molecule has 1 aliphatic heterocycles. The van der Waals surface area contributed by atoms with Gasteiger partial charge in [-0.3, -0.25) is 0 Å². The Hall–Kier alpha value is -3.75. The van der Waals surface area contributed by atoms with E-state index in [9.17, 15) is 28.2 Å². The third-order valence-electron chi connectivity index (χ3n) is 6.13. The van der Waals surface area contributed by atoms with Crippen molar-refractivity contribution in [3.05, 3.63) is 48.0 Å². The summed E-state index contributed by atoms with van der Waals surface area (Å²) >= 11 is 0. The van der Waals surface area contributed by atoms with Crippen LogP contribution in [-0.4, -0.2) is 85.9 Å². The highest BCUT2D eigenvalue weighted by atomic mass is 32.2. The molecule has 0 aromatic heterocycles. The van der Waals surface area contributed by atoms with Crippen LogP contribution < -0.4 is 24.8 Å². The average molecular weight is 624 g/mol. The maximum absolute atomic E-state index is 13.6. The molecule has 0 unspecified atom stereocenters. The van der Waals surface area contributed by atoms with Crippen LogP contribution in [0.1, 0.15) is 40.2 Å². The number of hydrogen-bond acceptors (Lipinski definition) is 9. The molecule has 43 heavy (non-hydrogen) atoms. The number of ether oxygens (including phenoxy) is 4. The molecular formula is C29H41N3O10S. The molecule has 14 heteroatoms. The normalized spacial score (nSPS) is 14.3. The zero-order valence-electron chi connectivity index (χ0n) is 25.0. The Morgan fingerprint density at radius 3 is 2.35 bits per heavy atom. The quantitative estimate of drug-likeness (QED) is 0.229. The van der Waals surface area contributed by atoms with Gasteiger partial charge in [-0.25, -0.2) is 18.0 Å². The van der Waals surface area contributed by atoms with Gasteiger partial charge in [0, 0.05) is 19.2 Å². The summed E-state index contributed by atoms with van der Waals surface area (Å²) in [6, 6.07) is 10.1. The monoisotopic (exact) mass is 623 g/mol. The van der Waals surface area contributed by atoms with Crippen LogP contribution in [0.4, 0.5) is 9.59 Å². The molecular weight excluding hydrogens is 582 g/mol. The minimum atomic E-state index is -4.07. The Bertz CT molecular complexity index is 1340. The van der Waals surface area contributed by atoms with E-state index in [0.29, 0.717) is 22.8 Å². The van der Waals surface area contributed by atoms with Crippen LogP contribution in [0.5, 0.6) is 17.2 Å². The van der Waals surface area contributed by atoms with Crippen molar-refractivity contribution in [1.29, 1.82) is 0 Å². The van der Waals surface area contributed by atoms with E-state index in [0.717, 1.165) is 4.31 Å². The van der Waals surface area contributed by atoms with Gasteiger partial charge in [-0.2, -0.15) is 4.31 Å². The van der Waals surface area contributed by atoms with E-state index in [-0.39, 0.29) is 50.3 Å². The molecule has 2 aromatic rings. The van der Waals surface area contributed by atoms with Crippen molar-refractivity contribution in [2.75, 3.05) is 33.0 Å². The van der Waals surface area contributed by atoms with Crippen LogP contribution in [-0.2, 0) is 21.2 Å². The topological polar surface area (TPSA) is 173 Å². The van der Waals surface area contributed by atoms with Gasteiger partial charge in [0.2, 0.25) is 16.8 Å². The van der Waals surface area contributed by atoms with E-state index in [1.54, 1.807) is 45.0 Å². The Labute approximate surface area is 252 Å². The van der Waals surface area contributed by atoms with Gasteiger partial charge < -0.3 is 39.8 Å². The molecule has 0 aliphatic carbocycles. The molecule has 0 fully saturated rings. The molecule has 238 valence electrons. The van der Waals surface area contributed by atoms with Crippen molar-refractivity contribution < 1.29 is 47.2 Å². The number of benzene rings is 2. The number of carbonyl (C=O) groups excluding carboxylic acids is 1. The zero-order chi connectivity index (χ0) is 31.8. The molecule has 0 saturated heterocycles. The number of hydrogen-bond donors (Lipinski definition) is 4. The Morgan fingerprint density at radius 2 is 1.72 bits per heavy atom. The highest BCUT2D eigenvalue weighted by Gasteiger charge is 2.32. The Kier molecular flexibility index (Phi) is 11.5. The maximum atomic E-state index is 13.6. The highest BCUT2D eigenvalue weighted by Crippen LogP contribution is 2.35. The van der Waals surface area contributed by atoms with Gasteiger partial charge in [-0.15, -0.1) is 0 Å². The fraction of sp³-hybridized carbons (Fsp3) is 0.517. The first kappa shape index (κ1) is 33.7. The van der Waals surface area contributed by atoms with Gasteiger partial charge in [0.1, 0.15) is 18.0 Å². The molecule has 2 amide bonds. The van der Waals surface area contributed by atoms with E-state index in [1.807, 2.05) is 13.8 Å². The standard InChI is InChI=1S/C29H41N3O10S/c1-19(2)16-32(43(37,38)22-10-11-25-26(15-22)41-18-40-25)17-24(33)23(31-27(34)35)14-20-6-8-21(9-7-20)39-13-12-30-28(36)42-29(3,4)5/h6-11,15,19,23-24,31,33H,12-14,16-18H2,1-5H3,(H,30,36)(H,34,35)/t23-,24-/m0/s1. The molecule has 4 N–H and O–H groups in total. The van der Waals surface area contributed by atoms with E-state index < -0.39 is 40.0 Å². The Morgan fingerprint density at radius 1 is 1.05 bits per heavy atom. The lowest BCUT2D eigenvalue weighted by Gasteiger charge is -2.30. The highest BCUT2D eigenvalue weighted by molar-refractivity contribution is 7.89. The fourth-order valence-electron chi connectivity index (χ4n) is 4.25. The van der Waals surface area contributed by atoms with Gasteiger partial charge in [-0.1, -0.05) is 26.0 Å². The van der Waals surface area contributed by atoms with Crippen LogP contribution in [0.3, 0.4) is 0 Å². The number of rotatable bonds is 14. The molecule has 3 rings (SSSR count). The van der Waals surface area contributed by atoms with Crippen LogP contribution in [0.2, 0.25) is 0 Å². The van der Waals surface area contributed by atoms with E-state index in [4.69, 9.17) is 18.9 Å². The van der Waals surface area contributed by atoms with E-state index >= 15 is 0 Å². The number of aliphatic hydroxyl groups excluding tert-OH is 1. The lowest BCUT2D eigenvalue weighted by Crippen LogP contribution is -2.50. The maximum Gasteiger partial charge on any atom is 0.407 e. The molecule has 0 bridgehead atoms. The predicted octanol–water partition coefficient (Wildman–Crippen LogP) is 3.21. The lowest BCUT2D eigenvalue weighted by atomic mass is 10.0. The minimum Gasteiger partial charge on any atom is -0.492 e. The summed E-state index contributed by atoms with van der Waals surface area (Å²) in [4.78, 5) is 23.3. The molecule has 2 atom stereocenters. The molecule has 13 nitrogen and oxygen atoms in total. The van der Waals surface area contributed by atoms with Crippen LogP contribution in [0.15, 0.2) is 47.4 Å². The van der Waals surface area contributed by atoms with E-state index in [1.165, 1.54) is 18.2 Å². The van der Waals surface area contributed by atoms with Crippen LogP contribution >= 0.6 is 0 Å². The summed E-state index contributed by atoms with van der Waals surface area (Å²) in [7, 11) is -4.07. The molecule has 1 aliphatic rings. The summed E-state index contributed by atoms with van der Waals surface area (Å²) in [5.41, 5.74) is 0.0848. The van der Waals surface area contributed by atoms with Gasteiger partial charge in [0.15, 0.2) is 11.5 Å². The largest absolute Gasteiger partial charge is 0.492 e. The SMILES string of the molecule is CC(C)CN(C[C@H](O)[C@H](Cc1ccc(OCCNC(=O)OC(C)(C)C)cc1)NC(=O)O)S(=O)(=O)c1ccc2c(c1)OCO2. The van der Waals surface area contributed by atoms with Crippen molar-refractivity contribution in [2.24, 2.45) is 5.92 Å². The predicted molar refractivity (Wildman–Crippen MR) is 157 cm³/mol. The second kappa shape index (κ2) is 14.6. The smallest absolute Gasteiger partial charge is 0.407 e. The van der Waals surface area contributed by atoms with Crippen molar-refractivity contribution in [3.8, 4) is 17.2 Å². The Balaban J connectivity index is 1.65. The molecule has 0 radical (unpaired) electrons. The van der Waals surface area contributed by atoms with Gasteiger partial charge >= 0.3 is 12.2 Å². The number of carboxylic acid groups (broad SMARTS) is 1. The average Bonchev–Trinajstić information content (AvgIpc) is 3.38. The number of nitrogens with one attached hydrogen (secondary N) is 2. The number of amides is 2. The van der Waals surface area contributed by atoms with Crippen LogP contribution in [0, 0.1) is 5.92 Å². The zero-order valence-corrected chi connectivity index (χ0v) is 25.8. The third-order valence-corrected chi connectivity index (χ3v) is 7.96. The van der Waals surface area contributed by atoms with Gasteiger partial charge in [0.25, 0.3) is 0 Å². The lowest BCUT2D eigenvalue weighted by molar-refractivity contribution is 0.0520. The van der Waals surface area contributed by atoms with Crippen LogP contribution in [0.25, 0.3) is 0 Å². The third kappa shape index (κ3) is 10.5. The number of nitrogens with zero attached hydrogens (tertiary/aromatic N) is 1. The first-order valence-corrected chi connectivity index (χ1v) is 15.3. The fourth-order valence-corrected chi connectivity index (χ4v) is 5.89. The summed E-state index contributed by atoms with van der Waals surface area (Å²) < 4.78 is 49.7. The summed E-state index contributed by atoms with van der Waals surface area (Å²) in [5.74, 6) is 1.20. The summed E-state index contributed by atoms with van der Waals surface area (Å²) in [5, 5.41) is 25.5.